The molecule has 1 aliphatic heterocycles. The van der Waals surface area contributed by atoms with E-state index in [1.807, 2.05) is 38.1 Å². The van der Waals surface area contributed by atoms with Gasteiger partial charge in [0, 0.05) is 45.8 Å². The number of benzene rings is 1. The predicted octanol–water partition coefficient (Wildman–Crippen LogP) is 5.74. The van der Waals surface area contributed by atoms with Crippen molar-refractivity contribution in [2.45, 2.75) is 59.3 Å². The van der Waals surface area contributed by atoms with E-state index in [1.165, 1.54) is 0 Å². The van der Waals surface area contributed by atoms with Crippen LogP contribution in [0.3, 0.4) is 0 Å². The molecule has 0 aromatic heterocycles. The van der Waals surface area contributed by atoms with Gasteiger partial charge < -0.3 is 4.74 Å². The SMILES string of the molecule is CC1(C)CCC2=C(C1=O)C(c1ccc(Cl)cc1)C1=C(O2)C(C)(C)CCC1=O. The summed E-state index contributed by atoms with van der Waals surface area (Å²) in [6, 6.07) is 7.50. The first-order chi connectivity index (χ1) is 12.6. The first-order valence-electron chi connectivity index (χ1n) is 9.61. The Morgan fingerprint density at radius 2 is 1.56 bits per heavy atom. The summed E-state index contributed by atoms with van der Waals surface area (Å²) < 4.78 is 6.31. The first kappa shape index (κ1) is 18.5. The van der Waals surface area contributed by atoms with E-state index in [0.717, 1.165) is 36.3 Å². The third kappa shape index (κ3) is 2.87. The van der Waals surface area contributed by atoms with E-state index in [-0.39, 0.29) is 22.9 Å². The highest BCUT2D eigenvalue weighted by molar-refractivity contribution is 6.30. The number of hydrogen-bond donors (Lipinski definition) is 0. The summed E-state index contributed by atoms with van der Waals surface area (Å²) in [5, 5.41) is 0.639. The van der Waals surface area contributed by atoms with Gasteiger partial charge in [-0.15, -0.1) is 0 Å². The number of hydrogen-bond acceptors (Lipinski definition) is 3. The van der Waals surface area contributed by atoms with Crippen LogP contribution in [0.15, 0.2) is 46.9 Å². The van der Waals surface area contributed by atoms with Crippen molar-refractivity contribution in [1.82, 2.24) is 0 Å². The van der Waals surface area contributed by atoms with Gasteiger partial charge in [0.05, 0.1) is 0 Å². The van der Waals surface area contributed by atoms with E-state index in [1.54, 1.807) is 0 Å². The summed E-state index contributed by atoms with van der Waals surface area (Å²) in [4.78, 5) is 26.4. The molecule has 0 N–H and O–H groups in total. The number of carbonyl (C=O) groups excluding carboxylic acids is 2. The lowest BCUT2D eigenvalue weighted by Crippen LogP contribution is -2.40. The van der Waals surface area contributed by atoms with Gasteiger partial charge in [0.2, 0.25) is 0 Å². The van der Waals surface area contributed by atoms with Crippen LogP contribution in [0.25, 0.3) is 0 Å². The van der Waals surface area contributed by atoms with Gasteiger partial charge >= 0.3 is 0 Å². The number of ketones is 2. The summed E-state index contributed by atoms with van der Waals surface area (Å²) >= 11 is 6.09. The molecule has 0 spiro atoms. The highest BCUT2D eigenvalue weighted by Crippen LogP contribution is 2.54. The van der Waals surface area contributed by atoms with E-state index in [0.29, 0.717) is 22.6 Å². The Morgan fingerprint density at radius 3 is 2.22 bits per heavy atom. The number of allylic oxidation sites excluding steroid dienone is 4. The van der Waals surface area contributed by atoms with E-state index in [2.05, 4.69) is 13.8 Å². The van der Waals surface area contributed by atoms with Crippen LogP contribution in [-0.2, 0) is 14.3 Å². The summed E-state index contributed by atoms with van der Waals surface area (Å²) in [6.45, 7) is 8.20. The Kier molecular flexibility index (Phi) is 4.15. The van der Waals surface area contributed by atoms with Gasteiger partial charge in [0.1, 0.15) is 11.5 Å². The maximum Gasteiger partial charge on any atom is 0.168 e. The van der Waals surface area contributed by atoms with Crippen LogP contribution in [0, 0.1) is 10.8 Å². The predicted molar refractivity (Wildman–Crippen MR) is 105 cm³/mol. The fourth-order valence-electron chi connectivity index (χ4n) is 4.47. The molecule has 27 heavy (non-hydrogen) atoms. The summed E-state index contributed by atoms with van der Waals surface area (Å²) in [7, 11) is 0. The minimum absolute atomic E-state index is 0.0893. The van der Waals surface area contributed by atoms with Crippen LogP contribution in [0.1, 0.15) is 64.9 Å². The van der Waals surface area contributed by atoms with Gasteiger partial charge in [-0.05, 0) is 30.5 Å². The normalized spacial score (nSPS) is 26.5. The molecule has 4 rings (SSSR count). The molecule has 142 valence electrons. The lowest BCUT2D eigenvalue weighted by Gasteiger charge is -2.44. The lowest BCUT2D eigenvalue weighted by atomic mass is 9.64. The van der Waals surface area contributed by atoms with Crippen LogP contribution in [-0.4, -0.2) is 11.6 Å². The Bertz CT molecular complexity index is 900. The molecular weight excluding hydrogens is 360 g/mol. The number of rotatable bonds is 1. The Hall–Kier alpha value is -1.87. The van der Waals surface area contributed by atoms with Crippen LogP contribution >= 0.6 is 11.6 Å². The monoisotopic (exact) mass is 384 g/mol. The topological polar surface area (TPSA) is 43.4 Å². The molecule has 1 aromatic rings. The fraction of sp³-hybridized carbons (Fsp3) is 0.478. The zero-order valence-corrected chi connectivity index (χ0v) is 17.1. The average Bonchev–Trinajstić information content (AvgIpc) is 2.61. The molecular formula is C23H25ClO3. The molecule has 0 saturated heterocycles. The van der Waals surface area contributed by atoms with E-state index >= 15 is 0 Å². The molecule has 3 aliphatic rings. The molecule has 0 amide bonds. The second kappa shape index (κ2) is 6.07. The number of ether oxygens (including phenoxy) is 1. The Labute approximate surface area is 165 Å². The van der Waals surface area contributed by atoms with Gasteiger partial charge in [-0.3, -0.25) is 9.59 Å². The van der Waals surface area contributed by atoms with Crippen molar-refractivity contribution in [3.63, 3.8) is 0 Å². The fourth-order valence-corrected chi connectivity index (χ4v) is 4.60. The molecule has 1 atom stereocenters. The van der Waals surface area contributed by atoms with Crippen molar-refractivity contribution in [2.75, 3.05) is 0 Å². The molecule has 1 unspecified atom stereocenters. The summed E-state index contributed by atoms with van der Waals surface area (Å²) in [5.74, 6) is 1.32. The third-order valence-corrected chi connectivity index (χ3v) is 6.53. The average molecular weight is 385 g/mol. The van der Waals surface area contributed by atoms with Crippen LogP contribution in [0.2, 0.25) is 5.02 Å². The number of carbonyl (C=O) groups is 2. The van der Waals surface area contributed by atoms with Gasteiger partial charge in [-0.2, -0.15) is 0 Å². The van der Waals surface area contributed by atoms with Crippen molar-refractivity contribution in [2.24, 2.45) is 10.8 Å². The van der Waals surface area contributed by atoms with Crippen LogP contribution < -0.4 is 0 Å². The molecule has 0 fully saturated rings. The third-order valence-electron chi connectivity index (χ3n) is 6.28. The zero-order chi connectivity index (χ0) is 19.6. The van der Waals surface area contributed by atoms with E-state index in [9.17, 15) is 9.59 Å². The van der Waals surface area contributed by atoms with Gasteiger partial charge in [0.15, 0.2) is 11.6 Å². The standard InChI is InChI=1S/C23H25ClO3/c1-22(2)12-10-16-19(20(22)26)17(13-5-7-14(24)8-6-13)18-15(25)9-11-23(3,4)21(18)27-16/h5-8,17H,9-12H2,1-4H3. The van der Waals surface area contributed by atoms with Crippen LogP contribution in [0.4, 0.5) is 0 Å². The number of Topliss-reactive ketones (excluding diaryl/α,β-unsaturated/α-hetero) is 2. The van der Waals surface area contributed by atoms with Crippen LogP contribution in [0.5, 0.6) is 0 Å². The number of halogens is 1. The van der Waals surface area contributed by atoms with E-state index in [4.69, 9.17) is 16.3 Å². The second-order valence-electron chi connectivity index (χ2n) is 9.19. The first-order valence-corrected chi connectivity index (χ1v) is 9.99. The molecule has 3 nitrogen and oxygen atoms in total. The van der Waals surface area contributed by atoms with Gasteiger partial charge in [-0.1, -0.05) is 51.4 Å². The van der Waals surface area contributed by atoms with Crippen molar-refractivity contribution < 1.29 is 14.3 Å². The zero-order valence-electron chi connectivity index (χ0n) is 16.3. The highest BCUT2D eigenvalue weighted by Gasteiger charge is 2.50. The van der Waals surface area contributed by atoms with E-state index < -0.39 is 5.41 Å². The second-order valence-corrected chi connectivity index (χ2v) is 9.62. The lowest BCUT2D eigenvalue weighted by molar-refractivity contribution is -0.125. The summed E-state index contributed by atoms with van der Waals surface area (Å²) in [5.41, 5.74) is 1.59. The van der Waals surface area contributed by atoms with Crippen molar-refractivity contribution >= 4 is 23.2 Å². The maximum absolute atomic E-state index is 13.4. The Morgan fingerprint density at radius 1 is 0.926 bits per heavy atom. The molecule has 1 heterocycles. The maximum atomic E-state index is 13.4. The van der Waals surface area contributed by atoms with Crippen molar-refractivity contribution in [3.05, 3.63) is 57.5 Å². The quantitative estimate of drug-likeness (QED) is 0.620. The highest BCUT2D eigenvalue weighted by atomic mass is 35.5. The van der Waals surface area contributed by atoms with Gasteiger partial charge in [0.25, 0.3) is 0 Å². The Balaban J connectivity index is 1.96. The van der Waals surface area contributed by atoms with Crippen molar-refractivity contribution in [3.8, 4) is 0 Å². The van der Waals surface area contributed by atoms with Crippen molar-refractivity contribution in [1.29, 1.82) is 0 Å². The minimum Gasteiger partial charge on any atom is -0.465 e. The largest absolute Gasteiger partial charge is 0.465 e. The molecule has 0 radical (unpaired) electrons. The summed E-state index contributed by atoms with van der Waals surface area (Å²) in [6.07, 6.45) is 2.73. The molecule has 2 aliphatic carbocycles. The molecule has 1 aromatic carbocycles. The van der Waals surface area contributed by atoms with Gasteiger partial charge in [-0.25, -0.2) is 0 Å². The molecule has 4 heteroatoms. The molecule has 0 saturated carbocycles. The minimum atomic E-state index is -0.446. The molecule has 0 bridgehead atoms. The smallest absolute Gasteiger partial charge is 0.168 e.